The molecule has 220 valence electrons. The average Bonchev–Trinajstić information content (AvgIpc) is 3.67. The fourth-order valence-corrected chi connectivity index (χ4v) is 6.23. The van der Waals surface area contributed by atoms with Gasteiger partial charge in [0, 0.05) is 61.4 Å². The second-order valence-electron chi connectivity index (χ2n) is 12.1. The Bertz CT molecular complexity index is 1340. The van der Waals surface area contributed by atoms with Crippen molar-refractivity contribution < 1.29 is 32.6 Å². The number of carbonyl (C=O) groups excluding carboxylic acids is 1. The van der Waals surface area contributed by atoms with Crippen LogP contribution in [0.2, 0.25) is 0 Å². The zero-order valence-electron chi connectivity index (χ0n) is 23.3. The Balaban J connectivity index is 1.13. The number of nitrogens with zero attached hydrogens (tertiary/aromatic N) is 4. The van der Waals surface area contributed by atoms with Gasteiger partial charge in [-0.1, -0.05) is 24.2 Å². The van der Waals surface area contributed by atoms with Gasteiger partial charge < -0.3 is 24.4 Å². The summed E-state index contributed by atoms with van der Waals surface area (Å²) in [4.78, 5) is 25.5. The van der Waals surface area contributed by atoms with E-state index in [0.717, 1.165) is 54.5 Å². The topological polar surface area (TPSA) is 90.3 Å². The summed E-state index contributed by atoms with van der Waals surface area (Å²) in [6, 6.07) is 6.66. The minimum atomic E-state index is -4.48. The molecule has 1 aromatic heterocycles. The molecule has 0 unspecified atom stereocenters. The first kappa shape index (κ1) is 27.8. The van der Waals surface area contributed by atoms with E-state index >= 15 is 0 Å². The molecule has 3 fully saturated rings. The van der Waals surface area contributed by atoms with Crippen LogP contribution in [0.15, 0.2) is 35.6 Å². The van der Waals surface area contributed by atoms with Gasteiger partial charge in [-0.2, -0.15) is 13.2 Å². The first-order chi connectivity index (χ1) is 19.5. The molecule has 8 nitrogen and oxygen atoms in total. The van der Waals surface area contributed by atoms with Gasteiger partial charge in [-0.05, 0) is 61.8 Å². The normalized spacial score (nSPS) is 21.8. The third-order valence-electron chi connectivity index (χ3n) is 8.83. The molecule has 1 aromatic carbocycles. The number of piperidine rings is 1. The monoisotopic (exact) mass is 571 g/mol. The maximum atomic E-state index is 13.1. The highest BCUT2D eigenvalue weighted by Gasteiger charge is 2.51. The lowest BCUT2D eigenvalue weighted by atomic mass is 9.80. The Kier molecular flexibility index (Phi) is 6.91. The number of pyridine rings is 1. The van der Waals surface area contributed by atoms with E-state index in [4.69, 9.17) is 9.57 Å². The number of carbonyl (C=O) groups is 1. The number of carboxylic acids is 1. The lowest BCUT2D eigenvalue weighted by Gasteiger charge is -2.46. The maximum absolute atomic E-state index is 13.1. The lowest BCUT2D eigenvalue weighted by molar-refractivity contribution is -0.320. The van der Waals surface area contributed by atoms with Gasteiger partial charge in [-0.3, -0.25) is 9.88 Å². The van der Waals surface area contributed by atoms with E-state index in [1.807, 2.05) is 13.0 Å². The van der Waals surface area contributed by atoms with E-state index in [2.05, 4.69) is 26.0 Å². The number of hydrogen-bond donors (Lipinski definition) is 0. The van der Waals surface area contributed by atoms with Crippen LogP contribution in [0, 0.1) is 5.41 Å². The molecule has 4 aliphatic rings. The van der Waals surface area contributed by atoms with Crippen molar-refractivity contribution in [3.63, 3.8) is 0 Å². The highest BCUT2D eigenvalue weighted by Crippen LogP contribution is 2.49. The number of carboxylic acid groups (broad SMARTS) is 1. The Hall–Kier alpha value is -3.34. The number of halogens is 3. The van der Waals surface area contributed by atoms with Gasteiger partial charge in [0.05, 0.1) is 13.0 Å². The molecule has 11 heteroatoms. The summed E-state index contributed by atoms with van der Waals surface area (Å²) in [5, 5.41) is 15.8. The van der Waals surface area contributed by atoms with Crippen LogP contribution >= 0.6 is 0 Å². The third-order valence-corrected chi connectivity index (χ3v) is 8.83. The van der Waals surface area contributed by atoms with Gasteiger partial charge in [0.2, 0.25) is 0 Å². The quantitative estimate of drug-likeness (QED) is 0.493. The summed E-state index contributed by atoms with van der Waals surface area (Å²) < 4.78 is 45.3. The Labute approximate surface area is 237 Å². The second-order valence-corrected chi connectivity index (χ2v) is 12.1. The van der Waals surface area contributed by atoms with Crippen molar-refractivity contribution in [1.29, 1.82) is 0 Å². The van der Waals surface area contributed by atoms with Crippen LogP contribution in [0.3, 0.4) is 0 Å². The van der Waals surface area contributed by atoms with Crippen LogP contribution in [0.5, 0.6) is 5.75 Å². The fourth-order valence-electron chi connectivity index (χ4n) is 6.23. The Morgan fingerprint density at radius 1 is 1.20 bits per heavy atom. The molecule has 2 aromatic rings. The first-order valence-electron chi connectivity index (χ1n) is 14.3. The van der Waals surface area contributed by atoms with E-state index in [1.165, 1.54) is 12.3 Å². The van der Waals surface area contributed by atoms with Crippen molar-refractivity contribution in [3.8, 4) is 16.9 Å². The highest BCUT2D eigenvalue weighted by atomic mass is 19.4. The van der Waals surface area contributed by atoms with E-state index in [0.29, 0.717) is 62.7 Å². The largest absolute Gasteiger partial charge is 0.550 e. The number of alkyl halides is 3. The van der Waals surface area contributed by atoms with Crippen LogP contribution in [0.4, 0.5) is 13.2 Å². The van der Waals surface area contributed by atoms with E-state index in [9.17, 15) is 23.1 Å². The maximum Gasteiger partial charge on any atom is 0.433 e. The predicted octanol–water partition coefficient (Wildman–Crippen LogP) is 4.18. The molecule has 0 atom stereocenters. The number of ether oxygens (including phenoxy) is 1. The zero-order valence-corrected chi connectivity index (χ0v) is 23.3. The molecule has 6 rings (SSSR count). The molecule has 3 aliphatic heterocycles. The van der Waals surface area contributed by atoms with Gasteiger partial charge in [0.1, 0.15) is 17.3 Å². The molecule has 1 saturated carbocycles. The van der Waals surface area contributed by atoms with Gasteiger partial charge in [-0.15, -0.1) is 0 Å². The lowest BCUT2D eigenvalue weighted by Crippen LogP contribution is -2.61. The molecule has 1 aliphatic carbocycles. The number of aliphatic carboxylic acids is 1. The number of rotatable bonds is 7. The van der Waals surface area contributed by atoms with E-state index < -0.39 is 23.3 Å². The number of benzene rings is 1. The molecule has 2 saturated heterocycles. The van der Waals surface area contributed by atoms with Gasteiger partial charge in [-0.25, -0.2) is 0 Å². The molecule has 41 heavy (non-hydrogen) atoms. The molecular weight excluding hydrogens is 537 g/mol. The molecule has 1 spiro atoms. The summed E-state index contributed by atoms with van der Waals surface area (Å²) in [6.45, 7) is 7.46. The van der Waals surface area contributed by atoms with Gasteiger partial charge in [0.15, 0.2) is 5.60 Å². The molecule has 0 N–H and O–H groups in total. The molecule has 4 heterocycles. The summed E-state index contributed by atoms with van der Waals surface area (Å²) >= 11 is 0. The van der Waals surface area contributed by atoms with Crippen molar-refractivity contribution in [2.24, 2.45) is 10.6 Å². The van der Waals surface area contributed by atoms with E-state index in [-0.39, 0.29) is 5.60 Å². The summed E-state index contributed by atoms with van der Waals surface area (Å²) in [6.07, 6.45) is 0.631. The van der Waals surface area contributed by atoms with Crippen molar-refractivity contribution in [2.45, 2.75) is 70.2 Å². The second kappa shape index (κ2) is 10.2. The third kappa shape index (κ3) is 5.48. The first-order valence-corrected chi connectivity index (χ1v) is 14.3. The number of aromatic nitrogens is 1. The van der Waals surface area contributed by atoms with Crippen LogP contribution in [0.1, 0.15) is 68.7 Å². The minimum absolute atomic E-state index is 0.353. The summed E-state index contributed by atoms with van der Waals surface area (Å²) in [5.74, 6) is 0.912. The number of oxime groups is 1. The molecule has 0 amide bonds. The number of likely N-dealkylation sites (tertiary alicyclic amines) is 2. The van der Waals surface area contributed by atoms with Crippen molar-refractivity contribution >= 4 is 11.8 Å². The van der Waals surface area contributed by atoms with Crippen LogP contribution in [-0.2, 0) is 22.4 Å². The minimum Gasteiger partial charge on any atom is -0.550 e. The van der Waals surface area contributed by atoms with Crippen molar-refractivity contribution in [1.82, 2.24) is 14.8 Å². The Morgan fingerprint density at radius 3 is 2.51 bits per heavy atom. The van der Waals surface area contributed by atoms with E-state index in [1.54, 1.807) is 6.92 Å². The SMILES string of the molecule is CCOc1cc(CN2CC3(CC(N4CCC(C)(C(=O)[O-])CC4)=NO3)C2)cc(C2CC2)c1-c1ccc(C(F)(F)F)nc1. The number of amidine groups is 1. The fraction of sp³-hybridized carbons (Fsp3) is 0.567. The van der Waals surface area contributed by atoms with Crippen molar-refractivity contribution in [2.75, 3.05) is 32.8 Å². The summed E-state index contributed by atoms with van der Waals surface area (Å²) in [7, 11) is 0. The van der Waals surface area contributed by atoms with Crippen LogP contribution < -0.4 is 9.84 Å². The average molecular weight is 572 g/mol. The predicted molar refractivity (Wildman–Crippen MR) is 143 cm³/mol. The summed E-state index contributed by atoms with van der Waals surface area (Å²) in [5.41, 5.74) is 1.57. The van der Waals surface area contributed by atoms with Crippen LogP contribution in [-0.4, -0.2) is 65.0 Å². The smallest absolute Gasteiger partial charge is 0.433 e. The number of hydrogen-bond acceptors (Lipinski definition) is 8. The van der Waals surface area contributed by atoms with Crippen molar-refractivity contribution in [3.05, 3.63) is 47.3 Å². The highest BCUT2D eigenvalue weighted by molar-refractivity contribution is 5.85. The van der Waals surface area contributed by atoms with Gasteiger partial charge >= 0.3 is 6.18 Å². The zero-order chi connectivity index (χ0) is 29.0. The van der Waals surface area contributed by atoms with Crippen LogP contribution in [0.25, 0.3) is 11.1 Å². The standard InChI is InChI=1S/C30H35F3N4O4/c1-3-40-23-13-19(12-22(20-4-5-20)26(23)21-6-7-24(34-15-21)30(31,32)33)16-36-17-29(18-36)14-25(35-41-29)37-10-8-28(2,9-11-37)27(38)39/h6-7,12-13,15,20H,3-5,8-11,14,16-18H2,1-2H3,(H,38,39)/p-1. The molecule has 0 bridgehead atoms. The molecular formula is C30H34F3N4O4-. The van der Waals surface area contributed by atoms with Gasteiger partial charge in [0.25, 0.3) is 0 Å². The Morgan fingerprint density at radius 2 is 1.93 bits per heavy atom. The molecule has 0 radical (unpaired) electrons.